The normalized spacial score (nSPS) is 12.5. The van der Waals surface area contributed by atoms with E-state index in [2.05, 4.69) is 16.2 Å². The fourth-order valence-electron chi connectivity index (χ4n) is 2.32. The van der Waals surface area contributed by atoms with Gasteiger partial charge < -0.3 is 15.0 Å². The molecule has 2 N–H and O–H groups in total. The van der Waals surface area contributed by atoms with E-state index in [9.17, 15) is 0 Å². The largest absolute Gasteiger partial charge is 0.484 e. The van der Waals surface area contributed by atoms with Gasteiger partial charge in [0.05, 0.1) is 0 Å². The van der Waals surface area contributed by atoms with Crippen LogP contribution in [0.25, 0.3) is 10.8 Å². The summed E-state index contributed by atoms with van der Waals surface area (Å²) in [5.41, 5.74) is 7.02. The molecule has 0 aliphatic rings. The number of hydrogen-bond acceptors (Lipinski definition) is 5. The van der Waals surface area contributed by atoms with Gasteiger partial charge in [0.2, 0.25) is 11.7 Å². The van der Waals surface area contributed by atoms with Crippen LogP contribution in [0, 0.1) is 6.92 Å². The molecular formula is C16H17N3O2. The van der Waals surface area contributed by atoms with E-state index in [4.69, 9.17) is 15.0 Å². The second-order valence-electron chi connectivity index (χ2n) is 5.01. The summed E-state index contributed by atoms with van der Waals surface area (Å²) < 4.78 is 10.9. The summed E-state index contributed by atoms with van der Waals surface area (Å²) in [6.07, 6.45) is 0. The first-order valence-corrected chi connectivity index (χ1v) is 6.84. The zero-order valence-electron chi connectivity index (χ0n) is 12.0. The van der Waals surface area contributed by atoms with Gasteiger partial charge in [-0.1, -0.05) is 41.6 Å². The van der Waals surface area contributed by atoms with E-state index in [1.165, 1.54) is 0 Å². The van der Waals surface area contributed by atoms with E-state index in [0.717, 1.165) is 22.1 Å². The Bertz CT molecular complexity index is 765. The van der Waals surface area contributed by atoms with Crippen LogP contribution in [0.15, 0.2) is 40.9 Å². The molecule has 0 fully saturated rings. The maximum atomic E-state index is 6.05. The molecule has 2 aromatic carbocycles. The Hall–Kier alpha value is -2.40. The zero-order chi connectivity index (χ0) is 14.8. The molecule has 1 heterocycles. The third-order valence-corrected chi connectivity index (χ3v) is 3.32. The molecule has 0 radical (unpaired) electrons. The predicted octanol–water partition coefficient (Wildman–Crippen LogP) is 3.13. The van der Waals surface area contributed by atoms with Gasteiger partial charge in [0.25, 0.3) is 0 Å². The monoisotopic (exact) mass is 283 g/mol. The summed E-state index contributed by atoms with van der Waals surface area (Å²) in [7, 11) is 0. The Balaban J connectivity index is 1.99. The number of nitrogens with zero attached hydrogens (tertiary/aromatic N) is 2. The number of fused-ring (bicyclic) bond motifs is 1. The minimum atomic E-state index is -0.114. The number of aryl methyl sites for hydroxylation is 1. The predicted molar refractivity (Wildman–Crippen MR) is 79.9 cm³/mol. The molecule has 0 amide bonds. The van der Waals surface area contributed by atoms with E-state index in [0.29, 0.717) is 11.7 Å². The van der Waals surface area contributed by atoms with Gasteiger partial charge in [-0.3, -0.25) is 0 Å². The lowest BCUT2D eigenvalue weighted by atomic mass is 10.0. The maximum absolute atomic E-state index is 6.05. The molecule has 3 aromatic rings. The smallest absolute Gasteiger partial charge is 0.223 e. The van der Waals surface area contributed by atoms with Crippen LogP contribution in [-0.2, 0) is 6.61 Å². The molecule has 1 aromatic heterocycles. The first-order valence-electron chi connectivity index (χ1n) is 6.84. The van der Waals surface area contributed by atoms with Crippen molar-refractivity contribution in [2.24, 2.45) is 5.73 Å². The Morgan fingerprint density at radius 2 is 2.05 bits per heavy atom. The van der Waals surface area contributed by atoms with E-state index >= 15 is 0 Å². The van der Waals surface area contributed by atoms with Crippen molar-refractivity contribution in [3.05, 3.63) is 53.7 Å². The fraction of sp³-hybridized carbons (Fsp3) is 0.250. The molecule has 0 aliphatic carbocycles. The molecule has 108 valence electrons. The number of hydrogen-bond donors (Lipinski definition) is 1. The Labute approximate surface area is 122 Å². The lowest BCUT2D eigenvalue weighted by Crippen LogP contribution is -2.09. The number of aromatic nitrogens is 2. The van der Waals surface area contributed by atoms with Crippen LogP contribution < -0.4 is 10.5 Å². The van der Waals surface area contributed by atoms with Crippen LogP contribution in [0.5, 0.6) is 5.75 Å². The average molecular weight is 283 g/mol. The standard InChI is InChI=1S/C16H17N3O2/c1-10(17)13-8-7-12-5-3-4-6-14(12)16(13)20-9-15-18-11(2)21-19-15/h3-8,10H,9,17H2,1-2H3/t10-/m0/s1. The Kier molecular flexibility index (Phi) is 3.58. The van der Waals surface area contributed by atoms with Crippen molar-refractivity contribution < 1.29 is 9.26 Å². The van der Waals surface area contributed by atoms with Crippen LogP contribution in [-0.4, -0.2) is 10.1 Å². The van der Waals surface area contributed by atoms with Gasteiger partial charge in [-0.2, -0.15) is 4.98 Å². The Morgan fingerprint density at radius 1 is 1.24 bits per heavy atom. The van der Waals surface area contributed by atoms with Gasteiger partial charge in [-0.15, -0.1) is 0 Å². The molecule has 0 spiro atoms. The van der Waals surface area contributed by atoms with Crippen LogP contribution in [0.1, 0.15) is 30.2 Å². The second-order valence-corrected chi connectivity index (χ2v) is 5.01. The van der Waals surface area contributed by atoms with Crippen molar-refractivity contribution in [3.63, 3.8) is 0 Å². The van der Waals surface area contributed by atoms with Crippen molar-refractivity contribution >= 4 is 10.8 Å². The molecule has 0 unspecified atom stereocenters. The quantitative estimate of drug-likeness (QED) is 0.796. The lowest BCUT2D eigenvalue weighted by molar-refractivity contribution is 0.285. The van der Waals surface area contributed by atoms with E-state index in [-0.39, 0.29) is 12.6 Å². The minimum absolute atomic E-state index is 0.114. The molecule has 0 saturated heterocycles. The fourth-order valence-corrected chi connectivity index (χ4v) is 2.32. The van der Waals surface area contributed by atoms with Gasteiger partial charge in [0.1, 0.15) is 5.75 Å². The number of benzene rings is 2. The van der Waals surface area contributed by atoms with Gasteiger partial charge in [-0.05, 0) is 12.3 Å². The first-order chi connectivity index (χ1) is 10.1. The van der Waals surface area contributed by atoms with E-state index in [1.54, 1.807) is 6.92 Å². The molecule has 5 heteroatoms. The van der Waals surface area contributed by atoms with Crippen LogP contribution >= 0.6 is 0 Å². The van der Waals surface area contributed by atoms with Gasteiger partial charge in [0.15, 0.2) is 6.61 Å². The van der Waals surface area contributed by atoms with Gasteiger partial charge in [-0.25, -0.2) is 0 Å². The van der Waals surface area contributed by atoms with Crippen LogP contribution in [0.4, 0.5) is 0 Å². The molecule has 3 rings (SSSR count). The first kappa shape index (κ1) is 13.6. The molecule has 5 nitrogen and oxygen atoms in total. The summed E-state index contributed by atoms with van der Waals surface area (Å²) in [5.74, 6) is 1.83. The summed E-state index contributed by atoms with van der Waals surface area (Å²) in [6, 6.07) is 12.0. The molecule has 0 saturated carbocycles. The number of rotatable bonds is 4. The number of nitrogens with two attached hydrogens (primary N) is 1. The highest BCUT2D eigenvalue weighted by molar-refractivity contribution is 5.89. The third kappa shape index (κ3) is 2.73. The average Bonchev–Trinajstić information content (AvgIpc) is 2.90. The van der Waals surface area contributed by atoms with Crippen LogP contribution in [0.3, 0.4) is 0 Å². The van der Waals surface area contributed by atoms with Crippen molar-refractivity contribution in [1.29, 1.82) is 0 Å². The van der Waals surface area contributed by atoms with E-state index < -0.39 is 0 Å². The van der Waals surface area contributed by atoms with E-state index in [1.807, 2.05) is 37.3 Å². The molecule has 21 heavy (non-hydrogen) atoms. The SMILES string of the molecule is Cc1nc(COc2c([C@H](C)N)ccc3ccccc23)no1. The summed E-state index contributed by atoms with van der Waals surface area (Å²) in [6.45, 7) is 3.95. The Morgan fingerprint density at radius 3 is 2.76 bits per heavy atom. The van der Waals surface area contributed by atoms with Crippen LogP contribution in [0.2, 0.25) is 0 Å². The molecular weight excluding hydrogens is 266 g/mol. The summed E-state index contributed by atoms with van der Waals surface area (Å²) in [4.78, 5) is 4.15. The van der Waals surface area contributed by atoms with Gasteiger partial charge in [0, 0.05) is 23.9 Å². The highest BCUT2D eigenvalue weighted by Crippen LogP contribution is 2.33. The zero-order valence-corrected chi connectivity index (χ0v) is 12.0. The third-order valence-electron chi connectivity index (χ3n) is 3.32. The maximum Gasteiger partial charge on any atom is 0.223 e. The minimum Gasteiger partial charge on any atom is -0.484 e. The summed E-state index contributed by atoms with van der Waals surface area (Å²) in [5, 5.41) is 5.99. The molecule has 0 aliphatic heterocycles. The van der Waals surface area contributed by atoms with Crippen molar-refractivity contribution in [2.45, 2.75) is 26.5 Å². The number of ether oxygens (including phenoxy) is 1. The highest BCUT2D eigenvalue weighted by atomic mass is 16.5. The van der Waals surface area contributed by atoms with Gasteiger partial charge >= 0.3 is 0 Å². The van der Waals surface area contributed by atoms with Crippen molar-refractivity contribution in [1.82, 2.24) is 10.1 Å². The van der Waals surface area contributed by atoms with Crippen molar-refractivity contribution in [3.8, 4) is 5.75 Å². The topological polar surface area (TPSA) is 74.2 Å². The highest BCUT2D eigenvalue weighted by Gasteiger charge is 2.13. The van der Waals surface area contributed by atoms with Crippen molar-refractivity contribution in [2.75, 3.05) is 0 Å². The summed E-state index contributed by atoms with van der Waals surface area (Å²) >= 11 is 0. The molecule has 0 bridgehead atoms. The lowest BCUT2D eigenvalue weighted by Gasteiger charge is -2.15. The molecule has 1 atom stereocenters. The second kappa shape index (κ2) is 5.54.